The summed E-state index contributed by atoms with van der Waals surface area (Å²) in [4.78, 5) is 38.7. The first-order valence-electron chi connectivity index (χ1n) is 17.3. The molecule has 9 nitrogen and oxygen atoms in total. The van der Waals surface area contributed by atoms with E-state index in [2.05, 4.69) is 0 Å². The van der Waals surface area contributed by atoms with E-state index < -0.39 is 48.5 Å². The Labute approximate surface area is 303 Å². The number of carbonyl (C=O) groups is 3. The highest BCUT2D eigenvalue weighted by atomic mass is 19.3. The molecule has 0 saturated heterocycles. The van der Waals surface area contributed by atoms with E-state index in [0.717, 1.165) is 6.08 Å². The molecule has 3 aromatic rings. The Morgan fingerprint density at radius 2 is 1.37 bits per heavy atom. The Bertz CT molecular complexity index is 1640. The van der Waals surface area contributed by atoms with Gasteiger partial charge >= 0.3 is 17.9 Å². The topological polar surface area (TPSA) is 107 Å². The maximum atomic E-state index is 15.3. The van der Waals surface area contributed by atoms with Gasteiger partial charge in [-0.2, -0.15) is 8.78 Å². The maximum Gasteiger partial charge on any atom is 0.338 e. The number of alkyl halides is 2. The number of allylic oxidation sites excluding steroid dienone is 2. The number of rotatable bonds is 18. The molecule has 0 heterocycles. The number of methoxy groups -OCH3 is 2. The molecular formula is C41H46F2O9. The first kappa shape index (κ1) is 39.6. The van der Waals surface area contributed by atoms with E-state index in [-0.39, 0.29) is 36.0 Å². The largest absolute Gasteiger partial charge is 0.497 e. The minimum Gasteiger partial charge on any atom is -0.497 e. The molecule has 0 aliphatic heterocycles. The lowest BCUT2D eigenvalue weighted by Gasteiger charge is -2.24. The van der Waals surface area contributed by atoms with Crippen molar-refractivity contribution in [2.75, 3.05) is 20.8 Å². The van der Waals surface area contributed by atoms with Gasteiger partial charge in [-0.05, 0) is 99.8 Å². The first-order chi connectivity index (χ1) is 25.0. The highest BCUT2D eigenvalue weighted by Crippen LogP contribution is 2.41. The van der Waals surface area contributed by atoms with Crippen LogP contribution < -0.4 is 14.2 Å². The number of para-hydroxylation sites is 1. The van der Waals surface area contributed by atoms with E-state index in [0.29, 0.717) is 36.5 Å². The molecule has 278 valence electrons. The zero-order valence-electron chi connectivity index (χ0n) is 29.9. The summed E-state index contributed by atoms with van der Waals surface area (Å²) in [5.74, 6) is -4.82. The third-order valence-corrected chi connectivity index (χ3v) is 8.46. The van der Waals surface area contributed by atoms with Crippen LogP contribution in [0.4, 0.5) is 8.78 Å². The van der Waals surface area contributed by atoms with Gasteiger partial charge in [-0.25, -0.2) is 9.59 Å². The van der Waals surface area contributed by atoms with Crippen LogP contribution in [0.5, 0.6) is 17.2 Å². The van der Waals surface area contributed by atoms with Crippen LogP contribution in [-0.2, 0) is 19.0 Å². The SMILES string of the molecule is COc1ccc(C(=O)OC2CC(OC(=O)c3ccc(OC)cc3)C(CC=CCCCC(=O)OC(C)C)C2C=CC(F)(F)COc2ccccc2)cc1. The van der Waals surface area contributed by atoms with Crippen LogP contribution in [0, 0.1) is 11.8 Å². The van der Waals surface area contributed by atoms with Crippen LogP contribution in [-0.4, -0.2) is 63.0 Å². The van der Waals surface area contributed by atoms with Crippen molar-refractivity contribution in [3.63, 3.8) is 0 Å². The fourth-order valence-electron chi connectivity index (χ4n) is 5.84. The monoisotopic (exact) mass is 720 g/mol. The fourth-order valence-corrected chi connectivity index (χ4v) is 5.84. The van der Waals surface area contributed by atoms with Crippen LogP contribution in [0.2, 0.25) is 0 Å². The van der Waals surface area contributed by atoms with Gasteiger partial charge in [-0.15, -0.1) is 0 Å². The Balaban J connectivity index is 1.59. The van der Waals surface area contributed by atoms with Crippen molar-refractivity contribution in [2.45, 2.75) is 70.2 Å². The minimum atomic E-state index is -3.37. The minimum absolute atomic E-state index is 0.0738. The van der Waals surface area contributed by atoms with E-state index in [4.69, 9.17) is 28.4 Å². The highest BCUT2D eigenvalue weighted by Gasteiger charge is 2.46. The molecule has 1 fully saturated rings. The van der Waals surface area contributed by atoms with Gasteiger partial charge in [0.05, 0.1) is 31.5 Å². The van der Waals surface area contributed by atoms with Gasteiger partial charge in [0.2, 0.25) is 0 Å². The second kappa shape index (κ2) is 19.4. The lowest BCUT2D eigenvalue weighted by atomic mass is 9.89. The summed E-state index contributed by atoms with van der Waals surface area (Å²) in [6.07, 6.45) is 5.74. The number of esters is 3. The number of ether oxygens (including phenoxy) is 6. The Hall–Kier alpha value is -5.19. The molecule has 1 aliphatic rings. The molecule has 0 radical (unpaired) electrons. The summed E-state index contributed by atoms with van der Waals surface area (Å²) in [5, 5.41) is 0. The molecule has 4 unspecified atom stereocenters. The molecular weight excluding hydrogens is 674 g/mol. The van der Waals surface area contributed by atoms with Crippen molar-refractivity contribution in [2.24, 2.45) is 11.8 Å². The van der Waals surface area contributed by atoms with E-state index in [1.54, 1.807) is 92.7 Å². The van der Waals surface area contributed by atoms with Crippen molar-refractivity contribution < 1.29 is 51.6 Å². The zero-order chi connectivity index (χ0) is 37.5. The average Bonchev–Trinajstić information content (AvgIpc) is 3.45. The molecule has 0 bridgehead atoms. The van der Waals surface area contributed by atoms with Gasteiger partial charge in [-0.1, -0.05) is 36.4 Å². The second-order valence-electron chi connectivity index (χ2n) is 12.7. The summed E-state index contributed by atoms with van der Waals surface area (Å²) in [6, 6.07) is 21.0. The lowest BCUT2D eigenvalue weighted by molar-refractivity contribution is -0.147. The van der Waals surface area contributed by atoms with Crippen molar-refractivity contribution in [3.8, 4) is 17.2 Å². The summed E-state index contributed by atoms with van der Waals surface area (Å²) in [7, 11) is 3.02. The Kier molecular flexibility index (Phi) is 14.8. The third kappa shape index (κ3) is 12.2. The summed E-state index contributed by atoms with van der Waals surface area (Å²) in [6.45, 7) is 2.67. The predicted molar refractivity (Wildman–Crippen MR) is 191 cm³/mol. The average molecular weight is 721 g/mol. The summed E-state index contributed by atoms with van der Waals surface area (Å²) in [5.41, 5.74) is 0.523. The summed E-state index contributed by atoms with van der Waals surface area (Å²) < 4.78 is 63.4. The standard InChI is InChI=1S/C41H46F2O9/c1-28(2)50-38(44)15-11-6-5-10-14-34-35(24-25-41(42,43)27-49-33-12-8-7-9-13-33)37(52-40(46)30-18-22-32(48-4)23-19-30)26-36(34)51-39(45)29-16-20-31(47-3)21-17-29/h5,7-10,12-13,16-25,28,34-37H,6,11,14-15,26-27H2,1-4H3. The molecule has 4 atom stereocenters. The quantitative estimate of drug-likeness (QED) is 0.0554. The van der Waals surface area contributed by atoms with Crippen molar-refractivity contribution in [1.82, 2.24) is 0 Å². The predicted octanol–water partition coefficient (Wildman–Crippen LogP) is 8.43. The second-order valence-corrected chi connectivity index (χ2v) is 12.7. The number of hydrogen-bond acceptors (Lipinski definition) is 9. The molecule has 0 amide bonds. The number of carbonyl (C=O) groups excluding carboxylic acids is 3. The zero-order valence-corrected chi connectivity index (χ0v) is 29.9. The smallest absolute Gasteiger partial charge is 0.338 e. The summed E-state index contributed by atoms with van der Waals surface area (Å²) >= 11 is 0. The van der Waals surface area contributed by atoms with Gasteiger partial charge in [0.1, 0.15) is 29.5 Å². The lowest BCUT2D eigenvalue weighted by Crippen LogP contribution is -2.28. The molecule has 52 heavy (non-hydrogen) atoms. The van der Waals surface area contributed by atoms with Crippen LogP contribution in [0.3, 0.4) is 0 Å². The number of halogens is 2. The van der Waals surface area contributed by atoms with Crippen LogP contribution in [0.1, 0.15) is 66.7 Å². The van der Waals surface area contributed by atoms with Crippen molar-refractivity contribution >= 4 is 17.9 Å². The Morgan fingerprint density at radius 3 is 1.92 bits per heavy atom. The van der Waals surface area contributed by atoms with E-state index >= 15 is 8.78 Å². The number of benzene rings is 3. The Morgan fingerprint density at radius 1 is 0.788 bits per heavy atom. The molecule has 1 saturated carbocycles. The highest BCUT2D eigenvalue weighted by molar-refractivity contribution is 5.90. The number of unbranched alkanes of at least 4 members (excludes halogenated alkanes) is 1. The fraction of sp³-hybridized carbons (Fsp3) is 0.390. The molecule has 0 spiro atoms. The van der Waals surface area contributed by atoms with E-state index in [1.165, 1.54) is 20.3 Å². The molecule has 1 aliphatic carbocycles. The maximum absolute atomic E-state index is 15.3. The van der Waals surface area contributed by atoms with E-state index in [1.807, 2.05) is 12.2 Å². The molecule has 0 N–H and O–H groups in total. The third-order valence-electron chi connectivity index (χ3n) is 8.46. The van der Waals surface area contributed by atoms with Gasteiger partial charge < -0.3 is 28.4 Å². The molecule has 4 rings (SSSR count). The normalized spacial score (nSPS) is 18.8. The number of hydrogen-bond donors (Lipinski definition) is 0. The molecule has 11 heteroatoms. The van der Waals surface area contributed by atoms with Crippen molar-refractivity contribution in [3.05, 3.63) is 114 Å². The van der Waals surface area contributed by atoms with Gasteiger partial charge in [-0.3, -0.25) is 4.79 Å². The van der Waals surface area contributed by atoms with Gasteiger partial charge in [0.15, 0.2) is 6.61 Å². The van der Waals surface area contributed by atoms with E-state index in [9.17, 15) is 14.4 Å². The molecule has 0 aromatic heterocycles. The van der Waals surface area contributed by atoms with Crippen LogP contribution in [0.25, 0.3) is 0 Å². The van der Waals surface area contributed by atoms with Gasteiger partial charge in [0.25, 0.3) is 5.92 Å². The first-order valence-corrected chi connectivity index (χ1v) is 17.3. The van der Waals surface area contributed by atoms with Crippen LogP contribution >= 0.6 is 0 Å². The molecule has 3 aromatic carbocycles. The van der Waals surface area contributed by atoms with Gasteiger partial charge in [0, 0.05) is 24.7 Å². The van der Waals surface area contributed by atoms with Crippen LogP contribution in [0.15, 0.2) is 103 Å². The van der Waals surface area contributed by atoms with Crippen molar-refractivity contribution in [1.29, 1.82) is 0 Å².